The Morgan fingerprint density at radius 3 is 2.60 bits per heavy atom. The third kappa shape index (κ3) is 6.37. The van der Waals surface area contributed by atoms with Crippen molar-refractivity contribution in [2.45, 2.75) is 25.8 Å². The first kappa shape index (κ1) is 12.3. The van der Waals surface area contributed by atoms with Crippen molar-refractivity contribution in [3.63, 3.8) is 0 Å². The molecule has 0 aromatic heterocycles. The van der Waals surface area contributed by atoms with Crippen molar-refractivity contribution in [3.05, 3.63) is 35.9 Å². The van der Waals surface area contributed by atoms with E-state index in [2.05, 4.69) is 12.1 Å². The number of unbranched alkanes of at least 4 members (excludes halogenated alkanes) is 1. The van der Waals surface area contributed by atoms with Gasteiger partial charge in [0, 0.05) is 6.61 Å². The number of ether oxygens (including phenoxy) is 1. The summed E-state index contributed by atoms with van der Waals surface area (Å²) in [6.07, 6.45) is 3.36. The predicted molar refractivity (Wildman–Crippen MR) is 68.6 cm³/mol. The summed E-state index contributed by atoms with van der Waals surface area (Å²) >= 11 is 0. The van der Waals surface area contributed by atoms with Crippen LogP contribution in [0.4, 0.5) is 0 Å². The van der Waals surface area contributed by atoms with Gasteiger partial charge in [-0.05, 0) is 12.0 Å². The zero-order valence-corrected chi connectivity index (χ0v) is 9.49. The molecule has 0 radical (unpaired) electrons. The molecular formula is C11H19B2NO. The first-order chi connectivity index (χ1) is 7.29. The molecule has 1 aromatic rings. The van der Waals surface area contributed by atoms with Crippen molar-refractivity contribution in [1.29, 1.82) is 0 Å². The Hall–Kier alpha value is -0.730. The van der Waals surface area contributed by atoms with E-state index >= 15 is 0 Å². The fraction of sp³-hybridized carbons (Fsp3) is 0.455. The van der Waals surface area contributed by atoms with Crippen LogP contribution in [0.3, 0.4) is 0 Å². The third-order valence-corrected chi connectivity index (χ3v) is 2.31. The summed E-state index contributed by atoms with van der Waals surface area (Å²) in [7, 11) is 2.05. The molecule has 1 aromatic carbocycles. The fourth-order valence-electron chi connectivity index (χ4n) is 1.43. The lowest BCUT2D eigenvalue weighted by molar-refractivity contribution is 0.118. The highest BCUT2D eigenvalue weighted by atomic mass is 16.5. The van der Waals surface area contributed by atoms with E-state index in [1.54, 1.807) is 0 Å². The first-order valence-corrected chi connectivity index (χ1v) is 5.66. The molecule has 2 nitrogen and oxygen atoms in total. The normalized spacial score (nSPS) is 10.2. The highest BCUT2D eigenvalue weighted by molar-refractivity contribution is 7.01. The van der Waals surface area contributed by atoms with Crippen LogP contribution in [0.25, 0.3) is 0 Å². The van der Waals surface area contributed by atoms with E-state index in [-0.39, 0.29) is 0 Å². The average Bonchev–Trinajstić information content (AvgIpc) is 2.24. The van der Waals surface area contributed by atoms with Crippen molar-refractivity contribution in [2.75, 3.05) is 6.61 Å². The first-order valence-electron chi connectivity index (χ1n) is 5.66. The van der Waals surface area contributed by atoms with Gasteiger partial charge in [-0.15, -0.1) is 0 Å². The van der Waals surface area contributed by atoms with Crippen molar-refractivity contribution in [3.8, 4) is 0 Å². The second kappa shape index (κ2) is 7.55. The standard InChI is InChI=1S/C11H19B2NO/c12-13(14)8-4-5-9-15-10-11-6-2-1-3-7-11/h1-3,6-7H,4-5,8-10,12,14H2. The third-order valence-electron chi connectivity index (χ3n) is 2.31. The van der Waals surface area contributed by atoms with Crippen LogP contribution in [-0.2, 0) is 11.3 Å². The zero-order valence-electron chi connectivity index (χ0n) is 9.49. The highest BCUT2D eigenvalue weighted by Crippen LogP contribution is 2.02. The number of hydrogen-bond acceptors (Lipinski definition) is 2. The van der Waals surface area contributed by atoms with Crippen LogP contribution in [0, 0.1) is 0 Å². The van der Waals surface area contributed by atoms with Gasteiger partial charge in [-0.25, -0.2) is 0 Å². The molecule has 0 saturated heterocycles. The molecule has 0 unspecified atom stereocenters. The van der Waals surface area contributed by atoms with Crippen molar-refractivity contribution >= 4 is 14.5 Å². The van der Waals surface area contributed by atoms with Crippen LogP contribution in [0.2, 0.25) is 6.32 Å². The molecule has 80 valence electrons. The minimum atomic E-state index is 0.319. The molecule has 0 spiro atoms. The van der Waals surface area contributed by atoms with Crippen molar-refractivity contribution < 1.29 is 4.74 Å². The van der Waals surface area contributed by atoms with Crippen molar-refractivity contribution in [1.82, 2.24) is 0 Å². The molecule has 0 aliphatic rings. The van der Waals surface area contributed by atoms with Gasteiger partial charge in [0.05, 0.1) is 14.3 Å². The highest BCUT2D eigenvalue weighted by Gasteiger charge is 1.98. The van der Waals surface area contributed by atoms with Crippen LogP contribution in [0.5, 0.6) is 0 Å². The zero-order chi connectivity index (χ0) is 10.9. The minimum Gasteiger partial charge on any atom is -0.377 e. The van der Waals surface area contributed by atoms with Gasteiger partial charge in [0.15, 0.2) is 6.74 Å². The molecule has 0 aliphatic carbocycles. The fourth-order valence-corrected chi connectivity index (χ4v) is 1.43. The Balaban J connectivity index is 1.98. The summed E-state index contributed by atoms with van der Waals surface area (Å²) in [5, 5.41) is 0. The van der Waals surface area contributed by atoms with Crippen LogP contribution in [-0.4, -0.2) is 21.1 Å². The van der Waals surface area contributed by atoms with Crippen LogP contribution >= 0.6 is 0 Å². The quantitative estimate of drug-likeness (QED) is 0.531. The molecule has 4 heteroatoms. The van der Waals surface area contributed by atoms with E-state index in [0.717, 1.165) is 32.4 Å². The lowest BCUT2D eigenvalue weighted by Crippen LogP contribution is -2.25. The molecule has 0 aliphatic heterocycles. The molecule has 2 N–H and O–H groups in total. The van der Waals surface area contributed by atoms with Gasteiger partial charge in [0.1, 0.15) is 0 Å². The largest absolute Gasteiger partial charge is 0.377 e. The van der Waals surface area contributed by atoms with Gasteiger partial charge < -0.3 is 10.4 Å². The van der Waals surface area contributed by atoms with Gasteiger partial charge in [0.2, 0.25) is 0 Å². The second-order valence-corrected chi connectivity index (χ2v) is 4.01. The molecule has 0 amide bonds. The van der Waals surface area contributed by atoms with E-state index < -0.39 is 0 Å². The van der Waals surface area contributed by atoms with E-state index in [0.29, 0.717) is 6.74 Å². The number of rotatable bonds is 7. The molecule has 1 rings (SSSR count). The van der Waals surface area contributed by atoms with E-state index in [4.69, 9.17) is 10.4 Å². The summed E-state index contributed by atoms with van der Waals surface area (Å²) in [4.78, 5) is 0. The SMILES string of the molecule is BB(N)CCCCOCc1ccccc1. The smallest absolute Gasteiger partial charge is 0.172 e. The van der Waals surface area contributed by atoms with E-state index in [1.807, 2.05) is 25.9 Å². The maximum Gasteiger partial charge on any atom is 0.172 e. The van der Waals surface area contributed by atoms with Gasteiger partial charge in [-0.1, -0.05) is 43.1 Å². The van der Waals surface area contributed by atoms with Crippen LogP contribution < -0.4 is 5.64 Å². The Kier molecular flexibility index (Phi) is 6.21. The van der Waals surface area contributed by atoms with Crippen molar-refractivity contribution in [2.24, 2.45) is 5.64 Å². The molecule has 15 heavy (non-hydrogen) atoms. The molecule has 0 fully saturated rings. The summed E-state index contributed by atoms with van der Waals surface area (Å²) in [5.41, 5.74) is 6.90. The summed E-state index contributed by atoms with van der Waals surface area (Å²) in [6.45, 7) is 1.87. The van der Waals surface area contributed by atoms with E-state index in [9.17, 15) is 0 Å². The van der Waals surface area contributed by atoms with Gasteiger partial charge in [0.25, 0.3) is 0 Å². The van der Waals surface area contributed by atoms with Gasteiger partial charge in [-0.2, -0.15) is 0 Å². The molecule has 0 bridgehead atoms. The second-order valence-electron chi connectivity index (χ2n) is 4.01. The molecule has 0 heterocycles. The maximum atomic E-state index is 5.66. The van der Waals surface area contributed by atoms with E-state index in [1.165, 1.54) is 5.56 Å². The van der Waals surface area contributed by atoms with Gasteiger partial charge >= 0.3 is 0 Å². The lowest BCUT2D eigenvalue weighted by Gasteiger charge is -2.04. The number of benzene rings is 1. The van der Waals surface area contributed by atoms with Crippen LogP contribution in [0.1, 0.15) is 18.4 Å². The summed E-state index contributed by atoms with van der Waals surface area (Å²) in [6, 6.07) is 10.3. The lowest BCUT2D eigenvalue weighted by atomic mass is 9.41. The Labute approximate surface area is 93.7 Å². The number of nitrogens with two attached hydrogens (primary N) is 1. The maximum absolute atomic E-state index is 5.66. The Bertz CT molecular complexity index is 254. The topological polar surface area (TPSA) is 35.2 Å². The molecule has 0 atom stereocenters. The summed E-state index contributed by atoms with van der Waals surface area (Å²) < 4.78 is 5.56. The number of hydrogen-bond donors (Lipinski definition) is 1. The summed E-state index contributed by atoms with van der Waals surface area (Å²) in [5.74, 6) is 0. The minimum absolute atomic E-state index is 0.319. The Morgan fingerprint density at radius 2 is 1.93 bits per heavy atom. The Morgan fingerprint density at radius 1 is 1.20 bits per heavy atom. The van der Waals surface area contributed by atoms with Crippen LogP contribution in [0.15, 0.2) is 30.3 Å². The molecular weight excluding hydrogens is 184 g/mol. The van der Waals surface area contributed by atoms with Gasteiger partial charge in [-0.3, -0.25) is 0 Å². The molecule has 0 saturated carbocycles. The predicted octanol–water partition coefficient (Wildman–Crippen LogP) is 1.06. The monoisotopic (exact) mass is 203 g/mol. The average molecular weight is 203 g/mol.